The largest absolute Gasteiger partial charge is 0.378 e. The Bertz CT molecular complexity index is 243. The summed E-state index contributed by atoms with van der Waals surface area (Å²) in [6, 6.07) is 0.442. The van der Waals surface area contributed by atoms with E-state index in [4.69, 9.17) is 16.2 Å². The first-order chi connectivity index (χ1) is 7.47. The molecule has 1 rings (SSSR count). The van der Waals surface area contributed by atoms with Crippen LogP contribution in [0.2, 0.25) is 0 Å². The fourth-order valence-electron chi connectivity index (χ4n) is 1.86. The Morgan fingerprint density at radius 1 is 1.62 bits per heavy atom. The highest BCUT2D eigenvalue weighted by molar-refractivity contribution is 5.83. The van der Waals surface area contributed by atoms with Crippen molar-refractivity contribution in [3.05, 3.63) is 0 Å². The molecule has 1 fully saturated rings. The summed E-state index contributed by atoms with van der Waals surface area (Å²) in [4.78, 5) is 13.4. The van der Waals surface area contributed by atoms with Gasteiger partial charge in [0.25, 0.3) is 0 Å². The third kappa shape index (κ3) is 3.43. The molecule has 0 saturated carbocycles. The molecule has 1 aliphatic rings. The van der Waals surface area contributed by atoms with E-state index in [-0.39, 0.29) is 0 Å². The Hall–Kier alpha value is -0.650. The molecule has 94 valence electrons. The molecule has 1 amide bonds. The molecular formula is C11H23N3O2. The highest BCUT2D eigenvalue weighted by Crippen LogP contribution is 2.13. The van der Waals surface area contributed by atoms with Gasteiger partial charge in [-0.05, 0) is 19.8 Å². The quantitative estimate of drug-likeness (QED) is 0.677. The molecule has 0 bridgehead atoms. The third-order valence-electron chi connectivity index (χ3n) is 3.30. The number of hydrogen-bond donors (Lipinski definition) is 2. The van der Waals surface area contributed by atoms with E-state index in [9.17, 15) is 4.79 Å². The van der Waals surface area contributed by atoms with Crippen LogP contribution in [0, 0.1) is 0 Å². The number of primary amides is 1. The molecular weight excluding hydrogens is 206 g/mol. The van der Waals surface area contributed by atoms with Crippen LogP contribution < -0.4 is 11.5 Å². The van der Waals surface area contributed by atoms with Crippen molar-refractivity contribution in [1.82, 2.24) is 4.90 Å². The maximum absolute atomic E-state index is 11.1. The topological polar surface area (TPSA) is 81.6 Å². The van der Waals surface area contributed by atoms with E-state index in [1.807, 2.05) is 0 Å². The number of nitrogens with zero attached hydrogens (tertiary/aromatic N) is 1. The number of rotatable bonds is 5. The van der Waals surface area contributed by atoms with E-state index < -0.39 is 11.4 Å². The normalized spacial score (nSPS) is 26.3. The van der Waals surface area contributed by atoms with Crippen LogP contribution in [0.25, 0.3) is 0 Å². The molecule has 5 nitrogen and oxygen atoms in total. The van der Waals surface area contributed by atoms with Crippen molar-refractivity contribution in [2.24, 2.45) is 11.5 Å². The van der Waals surface area contributed by atoms with Gasteiger partial charge in [0.2, 0.25) is 5.91 Å². The van der Waals surface area contributed by atoms with E-state index in [0.29, 0.717) is 12.5 Å². The molecule has 4 N–H and O–H groups in total. The van der Waals surface area contributed by atoms with Crippen molar-refractivity contribution in [1.29, 1.82) is 0 Å². The number of ether oxygens (including phenoxy) is 1. The van der Waals surface area contributed by atoms with Gasteiger partial charge >= 0.3 is 0 Å². The molecule has 0 aromatic carbocycles. The highest BCUT2D eigenvalue weighted by atomic mass is 16.5. The van der Waals surface area contributed by atoms with Gasteiger partial charge in [-0.2, -0.15) is 0 Å². The second kappa shape index (κ2) is 5.61. The van der Waals surface area contributed by atoms with E-state index in [2.05, 4.69) is 11.8 Å². The zero-order chi connectivity index (χ0) is 12.2. The van der Waals surface area contributed by atoms with E-state index in [1.54, 1.807) is 6.92 Å². The molecule has 1 heterocycles. The number of amides is 1. The van der Waals surface area contributed by atoms with Crippen molar-refractivity contribution in [2.45, 2.75) is 38.3 Å². The fraction of sp³-hybridized carbons (Fsp3) is 0.909. The van der Waals surface area contributed by atoms with Crippen LogP contribution in [0.4, 0.5) is 0 Å². The number of carbonyl (C=O) groups excluding carboxylic acids is 1. The van der Waals surface area contributed by atoms with Crippen LogP contribution in [0.15, 0.2) is 0 Å². The number of nitrogens with two attached hydrogens (primary N) is 2. The summed E-state index contributed by atoms with van der Waals surface area (Å²) >= 11 is 0. The molecule has 0 aromatic heterocycles. The van der Waals surface area contributed by atoms with Crippen LogP contribution in [0.3, 0.4) is 0 Å². The molecule has 2 unspecified atom stereocenters. The predicted octanol–water partition coefficient (Wildman–Crippen LogP) is -0.310. The average Bonchev–Trinajstić information content (AvgIpc) is 2.26. The molecule has 0 aliphatic carbocycles. The lowest BCUT2D eigenvalue weighted by atomic mass is 9.97. The van der Waals surface area contributed by atoms with Crippen molar-refractivity contribution >= 4 is 5.91 Å². The van der Waals surface area contributed by atoms with Gasteiger partial charge < -0.3 is 16.2 Å². The van der Waals surface area contributed by atoms with Crippen LogP contribution in [-0.4, -0.2) is 48.7 Å². The first kappa shape index (κ1) is 13.4. The Morgan fingerprint density at radius 2 is 2.31 bits per heavy atom. The smallest absolute Gasteiger partial charge is 0.237 e. The first-order valence-corrected chi connectivity index (χ1v) is 5.88. The minimum Gasteiger partial charge on any atom is -0.378 e. The molecule has 2 atom stereocenters. The molecule has 1 aliphatic heterocycles. The molecule has 5 heteroatoms. The van der Waals surface area contributed by atoms with Crippen molar-refractivity contribution in [3.63, 3.8) is 0 Å². The number of hydrogen-bond acceptors (Lipinski definition) is 4. The van der Waals surface area contributed by atoms with Crippen molar-refractivity contribution in [2.75, 3.05) is 26.3 Å². The van der Waals surface area contributed by atoms with Gasteiger partial charge in [-0.1, -0.05) is 6.92 Å². The summed E-state index contributed by atoms with van der Waals surface area (Å²) in [6.07, 6.45) is 1.65. The maximum atomic E-state index is 11.1. The monoisotopic (exact) mass is 229 g/mol. The minimum atomic E-state index is -0.906. The Morgan fingerprint density at radius 3 is 2.88 bits per heavy atom. The summed E-state index contributed by atoms with van der Waals surface area (Å²) in [5.74, 6) is -0.436. The summed E-state index contributed by atoms with van der Waals surface area (Å²) in [5.41, 5.74) is 10.2. The lowest BCUT2D eigenvalue weighted by Gasteiger charge is -2.36. The second-order valence-electron chi connectivity index (χ2n) is 4.70. The van der Waals surface area contributed by atoms with Gasteiger partial charge in [-0.3, -0.25) is 9.69 Å². The maximum Gasteiger partial charge on any atom is 0.237 e. The standard InChI is InChI=1S/C11H23N3O2/c1-3-9-8-16-7-6-14(9)5-4-11(2,13)10(12)15/h9H,3-8,13H2,1-2H3,(H2,12,15). The molecule has 0 spiro atoms. The first-order valence-electron chi connectivity index (χ1n) is 5.88. The molecule has 1 saturated heterocycles. The molecule has 16 heavy (non-hydrogen) atoms. The van der Waals surface area contributed by atoms with Gasteiger partial charge in [0, 0.05) is 19.1 Å². The number of carbonyl (C=O) groups is 1. The van der Waals surface area contributed by atoms with Crippen molar-refractivity contribution in [3.8, 4) is 0 Å². The zero-order valence-corrected chi connectivity index (χ0v) is 10.2. The van der Waals surface area contributed by atoms with E-state index in [0.717, 1.165) is 32.7 Å². The van der Waals surface area contributed by atoms with Crippen molar-refractivity contribution < 1.29 is 9.53 Å². The highest BCUT2D eigenvalue weighted by Gasteiger charge is 2.28. The molecule has 0 aromatic rings. The summed E-state index contributed by atoms with van der Waals surface area (Å²) in [5, 5.41) is 0. The van der Waals surface area contributed by atoms with Crippen LogP contribution >= 0.6 is 0 Å². The van der Waals surface area contributed by atoms with Crippen LogP contribution in [0.1, 0.15) is 26.7 Å². The summed E-state index contributed by atoms with van der Waals surface area (Å²) in [7, 11) is 0. The Labute approximate surface area is 97.1 Å². The Balaban J connectivity index is 2.43. The van der Waals surface area contributed by atoms with Gasteiger partial charge in [0.05, 0.1) is 18.8 Å². The molecule has 0 radical (unpaired) electrons. The van der Waals surface area contributed by atoms with Crippen LogP contribution in [-0.2, 0) is 9.53 Å². The van der Waals surface area contributed by atoms with Gasteiger partial charge in [-0.25, -0.2) is 0 Å². The lowest BCUT2D eigenvalue weighted by Crippen LogP contribution is -2.53. The summed E-state index contributed by atoms with van der Waals surface area (Å²) in [6.45, 7) is 7.08. The van der Waals surface area contributed by atoms with E-state index in [1.165, 1.54) is 0 Å². The number of morpholine rings is 1. The van der Waals surface area contributed by atoms with Gasteiger partial charge in [0.1, 0.15) is 0 Å². The van der Waals surface area contributed by atoms with Gasteiger partial charge in [0.15, 0.2) is 0 Å². The SMILES string of the molecule is CCC1COCCN1CCC(C)(N)C(N)=O. The third-order valence-corrected chi connectivity index (χ3v) is 3.30. The summed E-state index contributed by atoms with van der Waals surface area (Å²) < 4.78 is 5.42. The second-order valence-corrected chi connectivity index (χ2v) is 4.70. The lowest BCUT2D eigenvalue weighted by molar-refractivity contribution is -0.123. The minimum absolute atomic E-state index is 0.436. The Kier molecular flexibility index (Phi) is 4.70. The zero-order valence-electron chi connectivity index (χ0n) is 10.2. The van der Waals surface area contributed by atoms with Crippen LogP contribution in [0.5, 0.6) is 0 Å². The fourth-order valence-corrected chi connectivity index (χ4v) is 1.86. The van der Waals surface area contributed by atoms with E-state index >= 15 is 0 Å². The predicted molar refractivity (Wildman–Crippen MR) is 62.9 cm³/mol. The average molecular weight is 229 g/mol. The van der Waals surface area contributed by atoms with Gasteiger partial charge in [-0.15, -0.1) is 0 Å².